The monoisotopic (exact) mass is 491 g/mol. The zero-order chi connectivity index (χ0) is 26.0. The number of rotatable bonds is 6. The summed E-state index contributed by atoms with van der Waals surface area (Å²) in [7, 11) is 0. The number of hydrogen-bond donors (Lipinski definition) is 3. The average Bonchev–Trinajstić information content (AvgIpc) is 3.07. The van der Waals surface area contributed by atoms with Crippen molar-refractivity contribution in [1.82, 2.24) is 5.32 Å². The van der Waals surface area contributed by atoms with Crippen LogP contribution >= 0.6 is 0 Å². The van der Waals surface area contributed by atoms with E-state index in [0.29, 0.717) is 22.8 Å². The van der Waals surface area contributed by atoms with Crippen LogP contribution in [-0.4, -0.2) is 17.7 Å². The molecule has 1 heterocycles. The number of anilines is 2. The van der Waals surface area contributed by atoms with Gasteiger partial charge in [-0.25, -0.2) is 0 Å². The summed E-state index contributed by atoms with van der Waals surface area (Å²) in [5.41, 5.74) is 4.17. The zero-order valence-corrected chi connectivity index (χ0v) is 21.1. The first kappa shape index (κ1) is 25.0. The molecule has 2 aromatic rings. The van der Waals surface area contributed by atoms with Gasteiger partial charge in [0.25, 0.3) is 11.8 Å². The van der Waals surface area contributed by atoms with Crippen molar-refractivity contribution in [3.8, 4) is 11.5 Å². The number of ether oxygens (including phenoxy) is 1. The lowest BCUT2D eigenvalue weighted by Gasteiger charge is -2.36. The second kappa shape index (κ2) is 9.85. The van der Waals surface area contributed by atoms with Crippen molar-refractivity contribution in [2.75, 3.05) is 10.6 Å². The molecule has 1 saturated carbocycles. The Bertz CT molecular complexity index is 1320. The SMILES string of the molecule is C=C(NC(=O)C1=CC=C1)C(=O)Nc1cc(C)c(Oc2ccc3c(c2)C2(CCC2)C(=O)N3)c(C)c1.CC.[HH].[HH].[HH]. The molecule has 36 heavy (non-hydrogen) atoms. The van der Waals surface area contributed by atoms with E-state index >= 15 is 0 Å². The number of nitrogens with one attached hydrogen (secondary N) is 3. The van der Waals surface area contributed by atoms with Gasteiger partial charge in [0.05, 0.1) is 11.1 Å². The van der Waals surface area contributed by atoms with E-state index in [4.69, 9.17) is 4.74 Å². The molecule has 2 aliphatic carbocycles. The molecule has 2 aromatic carbocycles. The normalized spacial score (nSPS) is 15.8. The Morgan fingerprint density at radius 1 is 1.11 bits per heavy atom. The fraction of sp³-hybridized carbons (Fsp3) is 0.276. The summed E-state index contributed by atoms with van der Waals surface area (Å²) < 4.78 is 6.23. The molecular weight excluding hydrogens is 454 g/mol. The van der Waals surface area contributed by atoms with Crippen LogP contribution in [0.25, 0.3) is 0 Å². The van der Waals surface area contributed by atoms with Gasteiger partial charge in [0.1, 0.15) is 11.5 Å². The molecule has 0 aromatic heterocycles. The fourth-order valence-corrected chi connectivity index (χ4v) is 4.60. The van der Waals surface area contributed by atoms with E-state index in [-0.39, 0.29) is 21.8 Å². The Morgan fingerprint density at radius 3 is 2.33 bits per heavy atom. The van der Waals surface area contributed by atoms with Crippen LogP contribution in [0.4, 0.5) is 11.4 Å². The smallest absolute Gasteiger partial charge is 0.271 e. The average molecular weight is 492 g/mol. The van der Waals surface area contributed by atoms with E-state index in [0.717, 1.165) is 41.6 Å². The van der Waals surface area contributed by atoms with E-state index < -0.39 is 11.3 Å². The third-order valence-electron chi connectivity index (χ3n) is 6.69. The number of benzene rings is 2. The second-order valence-electron chi connectivity index (χ2n) is 9.01. The van der Waals surface area contributed by atoms with Crippen molar-refractivity contribution in [1.29, 1.82) is 0 Å². The number of fused-ring (bicyclic) bond motifs is 2. The van der Waals surface area contributed by atoms with E-state index in [1.54, 1.807) is 30.4 Å². The summed E-state index contributed by atoms with van der Waals surface area (Å²) in [6.45, 7) is 11.5. The summed E-state index contributed by atoms with van der Waals surface area (Å²) in [4.78, 5) is 36.9. The molecule has 7 nitrogen and oxygen atoms in total. The molecule has 3 N–H and O–H groups in total. The maximum absolute atomic E-state index is 12.5. The van der Waals surface area contributed by atoms with E-state index in [1.807, 2.05) is 45.9 Å². The van der Waals surface area contributed by atoms with Crippen molar-refractivity contribution >= 4 is 29.1 Å². The Balaban J connectivity index is 0.00000149. The molecule has 1 fully saturated rings. The van der Waals surface area contributed by atoms with Crippen LogP contribution in [0.15, 0.2) is 66.4 Å². The maximum atomic E-state index is 12.5. The molecule has 5 rings (SSSR count). The molecule has 1 spiro atoms. The maximum Gasteiger partial charge on any atom is 0.271 e. The van der Waals surface area contributed by atoms with Crippen molar-refractivity contribution in [2.45, 2.75) is 52.4 Å². The molecule has 0 radical (unpaired) electrons. The van der Waals surface area contributed by atoms with Gasteiger partial charge in [0.2, 0.25) is 5.91 Å². The highest BCUT2D eigenvalue weighted by molar-refractivity contribution is 6.09. The van der Waals surface area contributed by atoms with E-state index in [2.05, 4.69) is 22.5 Å². The Hall–Kier alpha value is -4.13. The lowest BCUT2D eigenvalue weighted by atomic mass is 9.65. The highest BCUT2D eigenvalue weighted by Gasteiger charge is 2.51. The largest absolute Gasteiger partial charge is 0.457 e. The topological polar surface area (TPSA) is 96.5 Å². The van der Waals surface area contributed by atoms with E-state index in [9.17, 15) is 14.4 Å². The highest BCUT2D eigenvalue weighted by Crippen LogP contribution is 2.52. The van der Waals surface area contributed by atoms with Gasteiger partial charge in [-0.2, -0.15) is 0 Å². The third-order valence-corrected chi connectivity index (χ3v) is 6.69. The molecule has 3 amide bonds. The number of hydrogen-bond acceptors (Lipinski definition) is 4. The van der Waals surface area contributed by atoms with Crippen LogP contribution < -0.4 is 20.7 Å². The molecule has 192 valence electrons. The molecule has 0 atom stereocenters. The molecule has 0 unspecified atom stereocenters. The third kappa shape index (κ3) is 4.44. The van der Waals surface area contributed by atoms with Gasteiger partial charge in [-0.1, -0.05) is 32.9 Å². The number of allylic oxidation sites excluding steroid dienone is 2. The van der Waals surface area contributed by atoms with Gasteiger partial charge in [0, 0.05) is 21.2 Å². The predicted molar refractivity (Wildman–Crippen MR) is 147 cm³/mol. The van der Waals surface area contributed by atoms with Crippen molar-refractivity contribution in [2.24, 2.45) is 0 Å². The minimum atomic E-state index is -0.494. The van der Waals surface area contributed by atoms with E-state index in [1.165, 1.54) is 0 Å². The number of amides is 3. The van der Waals surface area contributed by atoms with Crippen molar-refractivity contribution < 1.29 is 23.4 Å². The van der Waals surface area contributed by atoms with Gasteiger partial charge in [-0.15, -0.1) is 0 Å². The highest BCUT2D eigenvalue weighted by atomic mass is 16.5. The molecule has 3 aliphatic rings. The first-order valence-electron chi connectivity index (χ1n) is 12.2. The van der Waals surface area contributed by atoms with Gasteiger partial charge in [0.15, 0.2) is 0 Å². The lowest BCUT2D eigenvalue weighted by Crippen LogP contribution is -2.40. The number of carbonyl (C=O) groups excluding carboxylic acids is 3. The molecule has 0 saturated heterocycles. The minimum absolute atomic E-state index is 0. The molecular formula is C29H37N3O4. The van der Waals surface area contributed by atoms with Crippen LogP contribution in [0, 0.1) is 13.8 Å². The van der Waals surface area contributed by atoms with Gasteiger partial charge >= 0.3 is 0 Å². The van der Waals surface area contributed by atoms with Crippen LogP contribution in [0.1, 0.15) is 54.1 Å². The molecule has 7 heteroatoms. The summed E-state index contributed by atoms with van der Waals surface area (Å²) in [5, 5.41) is 8.25. The lowest BCUT2D eigenvalue weighted by molar-refractivity contribution is -0.123. The second-order valence-corrected chi connectivity index (χ2v) is 9.01. The summed E-state index contributed by atoms with van der Waals surface area (Å²) in [6.07, 6.45) is 7.84. The minimum Gasteiger partial charge on any atom is -0.457 e. The summed E-state index contributed by atoms with van der Waals surface area (Å²) in [5.74, 6) is 0.575. The number of aryl methyl sites for hydroxylation is 2. The van der Waals surface area contributed by atoms with Crippen molar-refractivity contribution in [3.63, 3.8) is 0 Å². The molecule has 0 bridgehead atoms. The first-order valence-corrected chi connectivity index (χ1v) is 12.2. The van der Waals surface area contributed by atoms with Gasteiger partial charge in [-0.05, 0) is 85.9 Å². The summed E-state index contributed by atoms with van der Waals surface area (Å²) >= 11 is 0. The van der Waals surface area contributed by atoms with Crippen molar-refractivity contribution in [3.05, 3.63) is 83.1 Å². The van der Waals surface area contributed by atoms with Crippen LogP contribution in [0.3, 0.4) is 0 Å². The summed E-state index contributed by atoms with van der Waals surface area (Å²) in [6, 6.07) is 9.31. The Morgan fingerprint density at radius 2 is 1.78 bits per heavy atom. The fourth-order valence-electron chi connectivity index (χ4n) is 4.60. The zero-order valence-electron chi connectivity index (χ0n) is 21.1. The Labute approximate surface area is 215 Å². The molecule has 1 aliphatic heterocycles. The number of carbonyl (C=O) groups is 3. The van der Waals surface area contributed by atoms with Crippen LogP contribution in [0.2, 0.25) is 0 Å². The van der Waals surface area contributed by atoms with Gasteiger partial charge < -0.3 is 20.7 Å². The standard InChI is InChI=1S/C27H25N3O4.C2H6.3H2/c1-15-12-19(29-24(31)17(3)28-25(32)18-6-4-7-18)13-16(2)23(15)34-20-8-9-22-21(14-20)27(10-5-11-27)26(33)30-22;1-2;;;/h4,6-9,12-14H,3,5,10-11H2,1-2H3,(H,28,32)(H,29,31)(H,30,33);1-2H3;3*1H. The first-order chi connectivity index (χ1) is 17.3. The van der Waals surface area contributed by atoms with Gasteiger partial charge in [-0.3, -0.25) is 14.4 Å². The van der Waals surface area contributed by atoms with Crippen LogP contribution in [0.5, 0.6) is 11.5 Å². The Kier molecular flexibility index (Phi) is 6.84. The van der Waals surface area contributed by atoms with Crippen LogP contribution in [-0.2, 0) is 19.8 Å². The predicted octanol–water partition coefficient (Wildman–Crippen LogP) is 6.30. The quantitative estimate of drug-likeness (QED) is 0.413.